The zero-order valence-electron chi connectivity index (χ0n) is 12.5. The Morgan fingerprint density at radius 3 is 2.58 bits per heavy atom. The van der Waals surface area contributed by atoms with Gasteiger partial charge in [0.1, 0.15) is 11.5 Å². The Hall–Kier alpha value is -1.55. The number of hydrogen-bond acceptors (Lipinski definition) is 3. The smallest absolute Gasteiger partial charge is 0.125 e. The van der Waals surface area contributed by atoms with Crippen LogP contribution < -0.4 is 5.32 Å². The van der Waals surface area contributed by atoms with E-state index in [2.05, 4.69) is 37.3 Å². The van der Waals surface area contributed by atoms with Gasteiger partial charge in [-0.05, 0) is 45.9 Å². The SMILES string of the molecule is CCNCc1cc(Cn2nc(C)c(C)c2C)oc1C. The first-order chi connectivity index (χ1) is 9.02. The van der Waals surface area contributed by atoms with Crippen molar-refractivity contribution in [1.29, 1.82) is 0 Å². The summed E-state index contributed by atoms with van der Waals surface area (Å²) in [5.74, 6) is 1.96. The lowest BCUT2D eigenvalue weighted by atomic mass is 10.2. The molecule has 0 amide bonds. The fraction of sp³-hybridized carbons (Fsp3) is 0.533. The van der Waals surface area contributed by atoms with Gasteiger partial charge in [-0.25, -0.2) is 0 Å². The molecule has 2 aromatic heterocycles. The van der Waals surface area contributed by atoms with Gasteiger partial charge in [-0.2, -0.15) is 5.10 Å². The molecule has 0 aliphatic rings. The van der Waals surface area contributed by atoms with Crippen molar-refractivity contribution in [3.63, 3.8) is 0 Å². The second kappa shape index (κ2) is 5.61. The lowest BCUT2D eigenvalue weighted by Gasteiger charge is -2.01. The summed E-state index contributed by atoms with van der Waals surface area (Å²) in [6, 6.07) is 2.13. The van der Waals surface area contributed by atoms with Gasteiger partial charge in [0.15, 0.2) is 0 Å². The van der Waals surface area contributed by atoms with E-state index in [9.17, 15) is 0 Å². The standard InChI is InChI=1S/C15H23N3O/c1-6-16-8-14-7-15(19-13(14)5)9-18-12(4)10(2)11(3)17-18/h7,16H,6,8-9H2,1-5H3. The van der Waals surface area contributed by atoms with E-state index in [0.29, 0.717) is 6.54 Å². The molecule has 0 fully saturated rings. The quantitative estimate of drug-likeness (QED) is 0.900. The zero-order chi connectivity index (χ0) is 14.0. The molecule has 0 unspecified atom stereocenters. The van der Waals surface area contributed by atoms with Gasteiger partial charge in [-0.1, -0.05) is 6.92 Å². The van der Waals surface area contributed by atoms with Gasteiger partial charge >= 0.3 is 0 Å². The Labute approximate surface area is 114 Å². The van der Waals surface area contributed by atoms with Crippen molar-refractivity contribution < 1.29 is 4.42 Å². The Bertz CT molecular complexity index is 566. The van der Waals surface area contributed by atoms with Gasteiger partial charge in [0.05, 0.1) is 12.2 Å². The Kier molecular flexibility index (Phi) is 4.10. The van der Waals surface area contributed by atoms with Crippen molar-refractivity contribution in [2.45, 2.75) is 47.7 Å². The zero-order valence-corrected chi connectivity index (χ0v) is 12.5. The third-order valence-electron chi connectivity index (χ3n) is 3.69. The van der Waals surface area contributed by atoms with Gasteiger partial charge in [0.2, 0.25) is 0 Å². The second-order valence-corrected chi connectivity index (χ2v) is 5.03. The first-order valence-corrected chi connectivity index (χ1v) is 6.82. The highest BCUT2D eigenvalue weighted by Gasteiger charge is 2.11. The topological polar surface area (TPSA) is 43.0 Å². The summed E-state index contributed by atoms with van der Waals surface area (Å²) < 4.78 is 7.83. The van der Waals surface area contributed by atoms with Gasteiger partial charge < -0.3 is 9.73 Å². The van der Waals surface area contributed by atoms with E-state index >= 15 is 0 Å². The van der Waals surface area contributed by atoms with Crippen LogP contribution in [0.2, 0.25) is 0 Å². The monoisotopic (exact) mass is 261 g/mol. The highest BCUT2D eigenvalue weighted by Crippen LogP contribution is 2.18. The summed E-state index contributed by atoms with van der Waals surface area (Å²) in [6.45, 7) is 12.9. The van der Waals surface area contributed by atoms with Crippen molar-refractivity contribution in [1.82, 2.24) is 15.1 Å². The minimum atomic E-state index is 0.702. The second-order valence-electron chi connectivity index (χ2n) is 5.03. The highest BCUT2D eigenvalue weighted by atomic mass is 16.3. The Balaban J connectivity index is 2.17. The van der Waals surface area contributed by atoms with Crippen LogP contribution in [0.1, 0.15) is 41.0 Å². The lowest BCUT2D eigenvalue weighted by molar-refractivity contribution is 0.453. The number of hydrogen-bond donors (Lipinski definition) is 1. The van der Waals surface area contributed by atoms with Crippen molar-refractivity contribution in [3.05, 3.63) is 40.1 Å². The molecule has 0 atom stereocenters. The van der Waals surface area contributed by atoms with Crippen LogP contribution in [0, 0.1) is 27.7 Å². The van der Waals surface area contributed by atoms with E-state index in [1.165, 1.54) is 16.8 Å². The molecule has 0 spiro atoms. The van der Waals surface area contributed by atoms with E-state index in [1.54, 1.807) is 0 Å². The molecule has 2 rings (SSSR count). The number of aromatic nitrogens is 2. The van der Waals surface area contributed by atoms with Crippen LogP contribution >= 0.6 is 0 Å². The molecule has 19 heavy (non-hydrogen) atoms. The van der Waals surface area contributed by atoms with Crippen LogP contribution in [0.4, 0.5) is 0 Å². The van der Waals surface area contributed by atoms with E-state index in [0.717, 1.165) is 30.3 Å². The number of aryl methyl sites for hydroxylation is 2. The minimum absolute atomic E-state index is 0.702. The Morgan fingerprint density at radius 1 is 1.26 bits per heavy atom. The average molecular weight is 261 g/mol. The van der Waals surface area contributed by atoms with Crippen LogP contribution in [0.5, 0.6) is 0 Å². The van der Waals surface area contributed by atoms with E-state index in [1.807, 2.05) is 18.5 Å². The van der Waals surface area contributed by atoms with Crippen LogP contribution in [-0.4, -0.2) is 16.3 Å². The number of rotatable bonds is 5. The van der Waals surface area contributed by atoms with E-state index in [-0.39, 0.29) is 0 Å². The maximum atomic E-state index is 5.82. The largest absolute Gasteiger partial charge is 0.464 e. The number of furan rings is 1. The summed E-state index contributed by atoms with van der Waals surface area (Å²) in [7, 11) is 0. The molecule has 2 heterocycles. The van der Waals surface area contributed by atoms with Gasteiger partial charge in [-0.3, -0.25) is 4.68 Å². The molecule has 0 saturated carbocycles. The van der Waals surface area contributed by atoms with Crippen molar-refractivity contribution in [2.24, 2.45) is 0 Å². The molecular weight excluding hydrogens is 238 g/mol. The van der Waals surface area contributed by atoms with E-state index in [4.69, 9.17) is 4.42 Å². The van der Waals surface area contributed by atoms with Crippen molar-refractivity contribution in [3.8, 4) is 0 Å². The highest BCUT2D eigenvalue weighted by molar-refractivity contribution is 5.24. The maximum absolute atomic E-state index is 5.82. The van der Waals surface area contributed by atoms with Crippen LogP contribution in [-0.2, 0) is 13.1 Å². The third-order valence-corrected chi connectivity index (χ3v) is 3.69. The lowest BCUT2D eigenvalue weighted by Crippen LogP contribution is -2.11. The van der Waals surface area contributed by atoms with E-state index < -0.39 is 0 Å². The molecule has 4 heteroatoms. The normalized spacial score (nSPS) is 11.2. The molecule has 4 nitrogen and oxygen atoms in total. The van der Waals surface area contributed by atoms with Crippen molar-refractivity contribution in [2.75, 3.05) is 6.54 Å². The predicted octanol–water partition coefficient (Wildman–Crippen LogP) is 2.87. The summed E-state index contributed by atoms with van der Waals surface area (Å²) in [5.41, 5.74) is 4.79. The molecular formula is C15H23N3O. The molecule has 0 bridgehead atoms. The first-order valence-electron chi connectivity index (χ1n) is 6.82. The summed E-state index contributed by atoms with van der Waals surface area (Å²) >= 11 is 0. The molecule has 0 aliphatic heterocycles. The summed E-state index contributed by atoms with van der Waals surface area (Å²) in [5, 5.41) is 7.87. The molecule has 1 N–H and O–H groups in total. The molecule has 0 radical (unpaired) electrons. The fourth-order valence-corrected chi connectivity index (χ4v) is 2.19. The fourth-order valence-electron chi connectivity index (χ4n) is 2.19. The molecule has 0 aliphatic carbocycles. The van der Waals surface area contributed by atoms with Gasteiger partial charge in [0.25, 0.3) is 0 Å². The Morgan fingerprint density at radius 2 is 2.00 bits per heavy atom. The summed E-state index contributed by atoms with van der Waals surface area (Å²) in [6.07, 6.45) is 0. The van der Waals surface area contributed by atoms with Gasteiger partial charge in [-0.15, -0.1) is 0 Å². The molecule has 0 saturated heterocycles. The number of nitrogens with one attached hydrogen (secondary N) is 1. The van der Waals surface area contributed by atoms with Gasteiger partial charge in [0, 0.05) is 17.8 Å². The predicted molar refractivity (Wildman–Crippen MR) is 76.4 cm³/mol. The van der Waals surface area contributed by atoms with Crippen LogP contribution in [0.15, 0.2) is 10.5 Å². The van der Waals surface area contributed by atoms with Crippen LogP contribution in [0.25, 0.3) is 0 Å². The minimum Gasteiger partial charge on any atom is -0.464 e. The third kappa shape index (κ3) is 2.89. The number of nitrogens with zero attached hydrogens (tertiary/aromatic N) is 2. The first kappa shape index (κ1) is 13.9. The summed E-state index contributed by atoms with van der Waals surface area (Å²) in [4.78, 5) is 0. The molecule has 2 aromatic rings. The molecule has 0 aromatic carbocycles. The maximum Gasteiger partial charge on any atom is 0.125 e. The van der Waals surface area contributed by atoms with Crippen molar-refractivity contribution >= 4 is 0 Å². The molecule has 104 valence electrons. The van der Waals surface area contributed by atoms with Crippen LogP contribution in [0.3, 0.4) is 0 Å². The average Bonchev–Trinajstić information content (AvgIpc) is 2.83.